The number of hydrogen-bond acceptors (Lipinski definition) is 7. The summed E-state index contributed by atoms with van der Waals surface area (Å²) in [5, 5.41) is 0. The van der Waals surface area contributed by atoms with E-state index in [0.717, 1.165) is 15.8 Å². The summed E-state index contributed by atoms with van der Waals surface area (Å²) in [7, 11) is 0. The molecule has 39 heavy (non-hydrogen) atoms. The minimum absolute atomic E-state index is 0.0208. The molecule has 2 aromatic heterocycles. The van der Waals surface area contributed by atoms with Gasteiger partial charge in [0.15, 0.2) is 11.5 Å². The third kappa shape index (κ3) is 5.14. The first-order valence-corrected chi connectivity index (χ1v) is 12.4. The number of anilines is 1. The summed E-state index contributed by atoms with van der Waals surface area (Å²) < 4.78 is 44.4. The van der Waals surface area contributed by atoms with Crippen molar-refractivity contribution in [2.75, 3.05) is 18.8 Å². The van der Waals surface area contributed by atoms with Crippen molar-refractivity contribution in [1.82, 2.24) is 24.0 Å². The maximum absolute atomic E-state index is 15.6. The molecule has 1 atom stereocenters. The molecule has 1 aliphatic rings. The number of halogens is 2. The number of rotatable bonds is 4. The zero-order valence-corrected chi connectivity index (χ0v) is 21.7. The second-order valence-electron chi connectivity index (χ2n) is 10.3. The summed E-state index contributed by atoms with van der Waals surface area (Å²) in [6, 6.07) is 14.2. The quantitative estimate of drug-likeness (QED) is 0.398. The molecule has 3 heterocycles. The van der Waals surface area contributed by atoms with Crippen LogP contribution in [0.1, 0.15) is 33.2 Å². The number of ether oxygens (including phenoxy) is 2. The highest BCUT2D eigenvalue weighted by Crippen LogP contribution is 2.38. The maximum Gasteiger partial charge on any atom is 0.410 e. The van der Waals surface area contributed by atoms with Gasteiger partial charge in [-0.05, 0) is 63.6 Å². The Kier molecular flexibility index (Phi) is 6.49. The lowest BCUT2D eigenvalue weighted by molar-refractivity contribution is -0.103. The Bertz CT molecular complexity index is 1560. The van der Waals surface area contributed by atoms with Gasteiger partial charge in [-0.2, -0.15) is 0 Å². The fraction of sp³-hybridized carbons (Fsp3) is 0.333. The van der Waals surface area contributed by atoms with E-state index in [1.807, 2.05) is 18.2 Å². The van der Waals surface area contributed by atoms with Gasteiger partial charge in [-0.25, -0.2) is 28.3 Å². The Balaban J connectivity index is 1.51. The third-order valence-corrected chi connectivity index (χ3v) is 6.28. The van der Waals surface area contributed by atoms with Crippen molar-refractivity contribution in [2.24, 2.45) is 0 Å². The predicted octanol–water partition coefficient (Wildman–Crippen LogP) is 4.77. The number of nitrogen functional groups attached to an aromatic ring is 1. The molecule has 1 aliphatic heterocycles. The van der Waals surface area contributed by atoms with E-state index in [4.69, 9.17) is 15.2 Å². The van der Waals surface area contributed by atoms with Crippen molar-refractivity contribution in [3.05, 3.63) is 71.4 Å². The minimum Gasteiger partial charge on any atom is -0.457 e. The number of alkyl halides is 2. The SMILES string of the molecule is CC(C)(C)OC(=O)N1CC[C@H](n2c(=O)n(-c3ccc(Oc4ccccc4)cc3)c3c(N)ncnc32)C(F)(F)C1. The number of hydrogen-bond donors (Lipinski definition) is 1. The van der Waals surface area contributed by atoms with E-state index >= 15 is 8.78 Å². The molecule has 12 heteroatoms. The molecule has 2 aromatic carbocycles. The van der Waals surface area contributed by atoms with Gasteiger partial charge in [0.25, 0.3) is 5.92 Å². The first kappa shape index (κ1) is 26.1. The maximum atomic E-state index is 15.6. The van der Waals surface area contributed by atoms with Crippen LogP contribution in [0, 0.1) is 0 Å². The lowest BCUT2D eigenvalue weighted by atomic mass is 10.0. The molecular formula is C27H28F2N6O4. The van der Waals surface area contributed by atoms with Crippen molar-refractivity contribution in [2.45, 2.75) is 44.8 Å². The van der Waals surface area contributed by atoms with Crippen LogP contribution in [0.5, 0.6) is 11.5 Å². The normalized spacial score (nSPS) is 17.3. The highest BCUT2D eigenvalue weighted by Gasteiger charge is 2.49. The Hall–Kier alpha value is -4.48. The van der Waals surface area contributed by atoms with E-state index in [0.29, 0.717) is 17.2 Å². The molecule has 0 bridgehead atoms. The van der Waals surface area contributed by atoms with Gasteiger partial charge in [0, 0.05) is 6.54 Å². The molecular weight excluding hydrogens is 510 g/mol. The summed E-state index contributed by atoms with van der Waals surface area (Å²) in [4.78, 5) is 35.3. The van der Waals surface area contributed by atoms with Gasteiger partial charge < -0.3 is 20.1 Å². The first-order valence-electron chi connectivity index (χ1n) is 12.4. The molecule has 0 aliphatic carbocycles. The molecule has 0 spiro atoms. The van der Waals surface area contributed by atoms with Crippen molar-refractivity contribution in [3.63, 3.8) is 0 Å². The second-order valence-corrected chi connectivity index (χ2v) is 10.3. The standard InChI is InChI=1S/C27H28F2N6O4/c1-26(2,3)39-25(37)33-14-13-20(27(28,29)15-33)35-23-21(22(30)31-16-32-23)34(24(35)36)17-9-11-19(12-10-17)38-18-7-5-4-6-8-18/h4-12,16,20H,13-15H2,1-3H3,(H2,30,31,32)/t20-/m0/s1. The van der Waals surface area contributed by atoms with Crippen LogP contribution in [0.4, 0.5) is 19.4 Å². The Morgan fingerprint density at radius 2 is 1.72 bits per heavy atom. The van der Waals surface area contributed by atoms with Crippen LogP contribution in [0.3, 0.4) is 0 Å². The molecule has 0 saturated carbocycles. The molecule has 1 amide bonds. The zero-order valence-electron chi connectivity index (χ0n) is 21.7. The number of piperidine rings is 1. The van der Waals surface area contributed by atoms with E-state index in [2.05, 4.69) is 9.97 Å². The van der Waals surface area contributed by atoms with Crippen molar-refractivity contribution >= 4 is 23.1 Å². The van der Waals surface area contributed by atoms with Crippen LogP contribution in [0.15, 0.2) is 65.7 Å². The Morgan fingerprint density at radius 3 is 2.36 bits per heavy atom. The van der Waals surface area contributed by atoms with E-state index in [-0.39, 0.29) is 29.9 Å². The van der Waals surface area contributed by atoms with E-state index in [1.165, 1.54) is 4.57 Å². The molecule has 5 rings (SSSR count). The summed E-state index contributed by atoms with van der Waals surface area (Å²) >= 11 is 0. The van der Waals surface area contributed by atoms with Crippen LogP contribution in [-0.2, 0) is 4.74 Å². The first-order chi connectivity index (χ1) is 18.4. The molecule has 4 aromatic rings. The molecule has 204 valence electrons. The van der Waals surface area contributed by atoms with Gasteiger partial charge in [-0.15, -0.1) is 0 Å². The highest BCUT2D eigenvalue weighted by atomic mass is 19.3. The summed E-state index contributed by atoms with van der Waals surface area (Å²) in [6.07, 6.45) is 0.0987. The number of carbonyl (C=O) groups excluding carboxylic acids is 1. The smallest absolute Gasteiger partial charge is 0.410 e. The second kappa shape index (κ2) is 9.68. The minimum atomic E-state index is -3.45. The summed E-state index contributed by atoms with van der Waals surface area (Å²) in [6.45, 7) is 4.05. The lowest BCUT2D eigenvalue weighted by Gasteiger charge is -2.38. The molecule has 0 unspecified atom stereocenters. The predicted molar refractivity (Wildman–Crippen MR) is 140 cm³/mol. The molecule has 10 nitrogen and oxygen atoms in total. The number of likely N-dealkylation sites (tertiary alicyclic amines) is 1. The van der Waals surface area contributed by atoms with Gasteiger partial charge in [0.1, 0.15) is 35.0 Å². The Labute approximate surface area is 222 Å². The topological polar surface area (TPSA) is 118 Å². The number of benzene rings is 2. The average Bonchev–Trinajstić information content (AvgIpc) is 3.16. The molecule has 2 N–H and O–H groups in total. The van der Waals surface area contributed by atoms with Crippen LogP contribution in [0.2, 0.25) is 0 Å². The molecule has 1 fully saturated rings. The average molecular weight is 539 g/mol. The van der Waals surface area contributed by atoms with Crippen molar-refractivity contribution in [1.29, 1.82) is 0 Å². The number of carbonyl (C=O) groups is 1. The largest absolute Gasteiger partial charge is 0.457 e. The number of para-hydroxylation sites is 1. The zero-order chi connectivity index (χ0) is 27.9. The van der Waals surface area contributed by atoms with E-state index in [9.17, 15) is 9.59 Å². The summed E-state index contributed by atoms with van der Waals surface area (Å²) in [5.41, 5.74) is 5.01. The number of fused-ring (bicyclic) bond motifs is 1. The fourth-order valence-electron chi connectivity index (χ4n) is 4.60. The van der Waals surface area contributed by atoms with Gasteiger partial charge in [0.2, 0.25) is 0 Å². The van der Waals surface area contributed by atoms with E-state index < -0.39 is 35.9 Å². The van der Waals surface area contributed by atoms with E-state index in [1.54, 1.807) is 57.2 Å². The van der Waals surface area contributed by atoms with Gasteiger partial charge in [0.05, 0.1) is 12.2 Å². The van der Waals surface area contributed by atoms with Crippen LogP contribution < -0.4 is 16.2 Å². The number of nitrogens with zero attached hydrogens (tertiary/aromatic N) is 5. The molecule has 1 saturated heterocycles. The number of amides is 1. The highest BCUT2D eigenvalue weighted by molar-refractivity contribution is 5.84. The van der Waals surface area contributed by atoms with Crippen molar-refractivity contribution in [3.8, 4) is 17.2 Å². The number of nitrogens with two attached hydrogens (primary N) is 1. The van der Waals surface area contributed by atoms with Crippen LogP contribution in [-0.4, -0.2) is 54.7 Å². The van der Waals surface area contributed by atoms with Gasteiger partial charge in [-0.1, -0.05) is 18.2 Å². The number of aromatic nitrogens is 4. The van der Waals surface area contributed by atoms with Gasteiger partial charge in [-0.3, -0.25) is 9.13 Å². The fourth-order valence-corrected chi connectivity index (χ4v) is 4.60. The molecule has 0 radical (unpaired) electrons. The third-order valence-electron chi connectivity index (χ3n) is 6.28. The lowest BCUT2D eigenvalue weighted by Crippen LogP contribution is -2.53. The number of imidazole rings is 1. The van der Waals surface area contributed by atoms with Crippen LogP contribution >= 0.6 is 0 Å². The Morgan fingerprint density at radius 1 is 1.05 bits per heavy atom. The summed E-state index contributed by atoms with van der Waals surface area (Å²) in [5.74, 6) is -2.33. The van der Waals surface area contributed by atoms with Gasteiger partial charge >= 0.3 is 11.8 Å². The van der Waals surface area contributed by atoms with Crippen LogP contribution in [0.25, 0.3) is 16.9 Å². The van der Waals surface area contributed by atoms with Crippen molar-refractivity contribution < 1.29 is 23.0 Å². The monoisotopic (exact) mass is 538 g/mol.